The number of rotatable bonds is 5. The summed E-state index contributed by atoms with van der Waals surface area (Å²) in [5, 5.41) is 2.99. The highest BCUT2D eigenvalue weighted by Gasteiger charge is 2.22. The van der Waals surface area contributed by atoms with E-state index in [-0.39, 0.29) is 6.03 Å². The molecule has 1 aliphatic heterocycles. The highest BCUT2D eigenvalue weighted by Crippen LogP contribution is 2.22. The zero-order chi connectivity index (χ0) is 21.1. The number of para-hydroxylation sites is 1. The fourth-order valence-electron chi connectivity index (χ4n) is 3.81. The minimum Gasteiger partial charge on any atom is -0.322 e. The molecule has 1 fully saturated rings. The van der Waals surface area contributed by atoms with E-state index >= 15 is 0 Å². The maximum atomic E-state index is 12.6. The van der Waals surface area contributed by atoms with Crippen molar-refractivity contribution < 1.29 is 4.79 Å². The molecular formula is C22H27BrN6O. The monoisotopic (exact) mass is 470 g/mol. The van der Waals surface area contributed by atoms with Gasteiger partial charge in [0, 0.05) is 55.9 Å². The number of benzene rings is 1. The molecule has 1 aliphatic rings. The van der Waals surface area contributed by atoms with E-state index in [1.54, 1.807) is 0 Å². The van der Waals surface area contributed by atoms with Crippen molar-refractivity contribution in [1.82, 2.24) is 24.3 Å². The molecule has 0 spiro atoms. The molecule has 0 saturated carbocycles. The van der Waals surface area contributed by atoms with Crippen LogP contribution in [0.15, 0.2) is 47.1 Å². The lowest BCUT2D eigenvalue weighted by Crippen LogP contribution is -2.50. The molecule has 4 rings (SSSR count). The summed E-state index contributed by atoms with van der Waals surface area (Å²) < 4.78 is 3.13. The molecule has 3 aromatic rings. The summed E-state index contributed by atoms with van der Waals surface area (Å²) in [7, 11) is 0. The SMILES string of the molecule is CC(C)c1nc2cccnc2n1CCN1CCN(C(=O)Nc2ccccc2Br)CC1. The van der Waals surface area contributed by atoms with E-state index in [0.29, 0.717) is 5.92 Å². The molecular weight excluding hydrogens is 444 g/mol. The fraction of sp³-hybridized carbons (Fsp3) is 0.409. The lowest BCUT2D eigenvalue weighted by Gasteiger charge is -2.34. The van der Waals surface area contributed by atoms with Crippen LogP contribution in [-0.2, 0) is 6.54 Å². The molecule has 1 N–H and O–H groups in total. The maximum absolute atomic E-state index is 12.6. The van der Waals surface area contributed by atoms with Gasteiger partial charge in [-0.2, -0.15) is 0 Å². The van der Waals surface area contributed by atoms with Gasteiger partial charge in [-0.05, 0) is 40.2 Å². The van der Waals surface area contributed by atoms with Crippen LogP contribution in [0.2, 0.25) is 0 Å². The van der Waals surface area contributed by atoms with Gasteiger partial charge in [-0.15, -0.1) is 0 Å². The van der Waals surface area contributed by atoms with Gasteiger partial charge in [-0.25, -0.2) is 14.8 Å². The molecule has 0 bridgehead atoms. The Morgan fingerprint density at radius 2 is 1.87 bits per heavy atom. The summed E-state index contributed by atoms with van der Waals surface area (Å²) in [5.74, 6) is 1.42. The Hall–Kier alpha value is -2.45. The number of nitrogens with one attached hydrogen (secondary N) is 1. The number of imidazole rings is 1. The van der Waals surface area contributed by atoms with Crippen molar-refractivity contribution in [1.29, 1.82) is 0 Å². The third-order valence-corrected chi connectivity index (χ3v) is 6.16. The van der Waals surface area contributed by atoms with E-state index in [4.69, 9.17) is 4.98 Å². The number of nitrogens with zero attached hydrogens (tertiary/aromatic N) is 5. The largest absolute Gasteiger partial charge is 0.322 e. The predicted molar refractivity (Wildman–Crippen MR) is 123 cm³/mol. The Labute approximate surface area is 185 Å². The van der Waals surface area contributed by atoms with Crippen molar-refractivity contribution in [3.8, 4) is 0 Å². The highest BCUT2D eigenvalue weighted by molar-refractivity contribution is 9.10. The summed E-state index contributed by atoms with van der Waals surface area (Å²) in [6.07, 6.45) is 1.83. The lowest BCUT2D eigenvalue weighted by molar-refractivity contribution is 0.144. The average Bonchev–Trinajstić information content (AvgIpc) is 3.13. The summed E-state index contributed by atoms with van der Waals surface area (Å²) in [5.41, 5.74) is 2.70. The normalized spacial score (nSPS) is 15.1. The van der Waals surface area contributed by atoms with Gasteiger partial charge in [0.2, 0.25) is 0 Å². The van der Waals surface area contributed by atoms with E-state index < -0.39 is 0 Å². The van der Waals surface area contributed by atoms with Gasteiger partial charge in [0.15, 0.2) is 5.65 Å². The van der Waals surface area contributed by atoms with Crippen molar-refractivity contribution in [2.75, 3.05) is 38.0 Å². The van der Waals surface area contributed by atoms with Crippen molar-refractivity contribution in [2.24, 2.45) is 0 Å². The minimum atomic E-state index is -0.0477. The van der Waals surface area contributed by atoms with Crippen molar-refractivity contribution in [2.45, 2.75) is 26.3 Å². The first-order valence-corrected chi connectivity index (χ1v) is 11.2. The number of pyridine rings is 1. The van der Waals surface area contributed by atoms with E-state index in [1.807, 2.05) is 47.5 Å². The number of hydrogen-bond acceptors (Lipinski definition) is 4. The third kappa shape index (κ3) is 4.49. The second-order valence-electron chi connectivity index (χ2n) is 7.86. The molecule has 1 saturated heterocycles. The van der Waals surface area contributed by atoms with Gasteiger partial charge in [-0.3, -0.25) is 4.90 Å². The molecule has 3 heterocycles. The van der Waals surface area contributed by atoms with Crippen molar-refractivity contribution in [3.05, 3.63) is 52.9 Å². The van der Waals surface area contributed by atoms with Crippen LogP contribution in [0.4, 0.5) is 10.5 Å². The number of piperazine rings is 1. The molecule has 0 radical (unpaired) electrons. The first-order chi connectivity index (χ1) is 14.5. The number of amides is 2. The van der Waals surface area contributed by atoms with Gasteiger partial charge in [0.25, 0.3) is 0 Å². The zero-order valence-corrected chi connectivity index (χ0v) is 19.0. The number of carbonyl (C=O) groups is 1. The number of aromatic nitrogens is 3. The number of anilines is 1. The fourth-order valence-corrected chi connectivity index (χ4v) is 4.19. The number of hydrogen-bond donors (Lipinski definition) is 1. The summed E-state index contributed by atoms with van der Waals surface area (Å²) in [6.45, 7) is 9.26. The Morgan fingerprint density at radius 1 is 1.10 bits per heavy atom. The molecule has 2 amide bonds. The highest BCUT2D eigenvalue weighted by atomic mass is 79.9. The number of urea groups is 1. The van der Waals surface area contributed by atoms with E-state index in [2.05, 4.69) is 49.5 Å². The van der Waals surface area contributed by atoms with Gasteiger partial charge >= 0.3 is 6.03 Å². The summed E-state index contributed by atoms with van der Waals surface area (Å²) >= 11 is 3.48. The van der Waals surface area contributed by atoms with E-state index in [9.17, 15) is 4.79 Å². The molecule has 8 heteroatoms. The van der Waals surface area contributed by atoms with Crippen LogP contribution in [0.1, 0.15) is 25.6 Å². The number of fused-ring (bicyclic) bond motifs is 1. The first-order valence-electron chi connectivity index (χ1n) is 10.4. The quantitative estimate of drug-likeness (QED) is 0.607. The lowest BCUT2D eigenvalue weighted by atomic mass is 10.2. The molecule has 2 aromatic heterocycles. The molecule has 30 heavy (non-hydrogen) atoms. The van der Waals surface area contributed by atoms with Gasteiger partial charge in [0.1, 0.15) is 11.3 Å². The van der Waals surface area contributed by atoms with Crippen molar-refractivity contribution >= 4 is 38.8 Å². The zero-order valence-electron chi connectivity index (χ0n) is 17.4. The molecule has 0 atom stereocenters. The summed E-state index contributed by atoms with van der Waals surface area (Å²) in [6, 6.07) is 11.6. The van der Waals surface area contributed by atoms with Gasteiger partial charge in [-0.1, -0.05) is 26.0 Å². The predicted octanol–water partition coefficient (Wildman–Crippen LogP) is 4.17. The van der Waals surface area contributed by atoms with Crippen LogP contribution in [0.25, 0.3) is 11.2 Å². The molecule has 0 aliphatic carbocycles. The van der Waals surface area contributed by atoms with Crippen LogP contribution in [-0.4, -0.2) is 63.1 Å². The number of halogens is 1. The second-order valence-corrected chi connectivity index (χ2v) is 8.72. The Morgan fingerprint density at radius 3 is 2.60 bits per heavy atom. The Balaban J connectivity index is 1.34. The second kappa shape index (κ2) is 9.14. The van der Waals surface area contributed by atoms with Crippen LogP contribution >= 0.6 is 15.9 Å². The molecule has 1 aromatic carbocycles. The topological polar surface area (TPSA) is 66.3 Å². The maximum Gasteiger partial charge on any atom is 0.321 e. The van der Waals surface area contributed by atoms with Crippen LogP contribution in [0.5, 0.6) is 0 Å². The van der Waals surface area contributed by atoms with E-state index in [1.165, 1.54) is 0 Å². The van der Waals surface area contributed by atoms with Crippen molar-refractivity contribution in [3.63, 3.8) is 0 Å². The van der Waals surface area contributed by atoms with E-state index in [0.717, 1.165) is 66.4 Å². The van der Waals surface area contributed by atoms with Crippen LogP contribution in [0, 0.1) is 0 Å². The molecule has 158 valence electrons. The first kappa shape index (κ1) is 20.8. The van der Waals surface area contributed by atoms with Crippen LogP contribution in [0.3, 0.4) is 0 Å². The minimum absolute atomic E-state index is 0.0477. The average molecular weight is 471 g/mol. The van der Waals surface area contributed by atoms with Crippen LogP contribution < -0.4 is 5.32 Å². The Kier molecular flexibility index (Phi) is 6.34. The Bertz CT molecular complexity index is 1030. The molecule has 0 unspecified atom stereocenters. The smallest absolute Gasteiger partial charge is 0.321 e. The third-order valence-electron chi connectivity index (χ3n) is 5.46. The number of carbonyl (C=O) groups excluding carboxylic acids is 1. The summed E-state index contributed by atoms with van der Waals surface area (Å²) in [4.78, 5) is 26.2. The van der Waals surface area contributed by atoms with Gasteiger partial charge in [0.05, 0.1) is 5.69 Å². The standard InChI is InChI=1S/C22H27BrN6O/c1-16(2)20-25-19-8-5-9-24-21(19)29(20)15-12-27-10-13-28(14-11-27)22(30)26-18-7-4-3-6-17(18)23/h3-9,16H,10-15H2,1-2H3,(H,26,30). The van der Waals surface area contributed by atoms with Gasteiger partial charge < -0.3 is 14.8 Å². The molecule has 7 nitrogen and oxygen atoms in total.